The normalized spacial score (nSPS) is 16.3. The van der Waals surface area contributed by atoms with E-state index in [1.54, 1.807) is 30.9 Å². The van der Waals surface area contributed by atoms with Crippen LogP contribution in [0.1, 0.15) is 92.9 Å². The number of ether oxygens (including phenoxy) is 2. The van der Waals surface area contributed by atoms with Crippen LogP contribution in [0.25, 0.3) is 0 Å². The Hall–Kier alpha value is -3.09. The number of hydrogen-bond donors (Lipinski definition) is 1. The van der Waals surface area contributed by atoms with E-state index in [0.717, 1.165) is 29.0 Å². The molecule has 41 heavy (non-hydrogen) atoms. The number of amides is 3. The van der Waals surface area contributed by atoms with Crippen molar-refractivity contribution >= 4 is 11.9 Å². The van der Waals surface area contributed by atoms with Crippen molar-refractivity contribution in [2.24, 2.45) is 10.8 Å². The number of fused-ring (bicyclic) bond motifs is 1. The van der Waals surface area contributed by atoms with Crippen LogP contribution in [0.2, 0.25) is 0 Å². The fourth-order valence-corrected chi connectivity index (χ4v) is 4.42. The smallest absolute Gasteiger partial charge is 0.325 e. The molecule has 0 spiro atoms. The predicted octanol–water partition coefficient (Wildman–Crippen LogP) is 7.84. The van der Waals surface area contributed by atoms with Crippen molar-refractivity contribution in [3.8, 4) is 11.5 Å². The number of benzene rings is 2. The van der Waals surface area contributed by atoms with Gasteiger partial charge >= 0.3 is 6.03 Å². The molecule has 3 amide bonds. The standard InChI is InChI=1S/C13H18O2.C11H15F.C10H18N2O2/c1-13(2,3)9-10-4-5-11-12(8-10)15-7-6-14-11;1-8-5-9(11(2,3)4)7-10(12)6-8;1-9(2,3)6-12-8(14)11-7(13)10(12,4)5/h4-5,8H,6-7,9H2,1-3H3;5-7H,1-4H3;6H2,1-5H3,(H,11,13,14). The summed E-state index contributed by atoms with van der Waals surface area (Å²) < 4.78 is 24.0. The summed E-state index contributed by atoms with van der Waals surface area (Å²) in [6, 6.07) is 11.1. The van der Waals surface area contributed by atoms with E-state index >= 15 is 0 Å². The molecule has 0 unspecified atom stereocenters. The Labute approximate surface area is 247 Å². The van der Waals surface area contributed by atoms with Gasteiger partial charge in [-0.3, -0.25) is 10.1 Å². The molecule has 2 aromatic carbocycles. The number of aryl methyl sites for hydroxylation is 1. The van der Waals surface area contributed by atoms with Crippen molar-refractivity contribution in [3.63, 3.8) is 0 Å². The van der Waals surface area contributed by atoms with Gasteiger partial charge < -0.3 is 14.4 Å². The molecule has 1 fully saturated rings. The van der Waals surface area contributed by atoms with Crippen LogP contribution in [-0.2, 0) is 16.6 Å². The quantitative estimate of drug-likeness (QED) is 0.374. The lowest BCUT2D eigenvalue weighted by Gasteiger charge is -2.33. The molecule has 4 rings (SSSR count). The average Bonchev–Trinajstić information content (AvgIpc) is 2.98. The monoisotopic (exact) mass is 570 g/mol. The minimum atomic E-state index is -0.718. The number of carbonyl (C=O) groups is 2. The van der Waals surface area contributed by atoms with E-state index in [2.05, 4.69) is 59.0 Å². The molecule has 6 nitrogen and oxygen atoms in total. The maximum Gasteiger partial charge on any atom is 0.325 e. The van der Waals surface area contributed by atoms with Gasteiger partial charge in [0.05, 0.1) is 0 Å². The summed E-state index contributed by atoms with van der Waals surface area (Å²) in [5.41, 5.74) is 2.98. The Kier molecular flexibility index (Phi) is 10.7. The fraction of sp³-hybridized carbons (Fsp3) is 0.588. The predicted molar refractivity (Wildman–Crippen MR) is 164 cm³/mol. The highest BCUT2D eigenvalue weighted by Gasteiger charge is 2.46. The second kappa shape index (κ2) is 12.8. The second-order valence-electron chi connectivity index (χ2n) is 14.9. The zero-order valence-corrected chi connectivity index (χ0v) is 27.3. The summed E-state index contributed by atoms with van der Waals surface area (Å²) in [5, 5.41) is 2.33. The fourth-order valence-electron chi connectivity index (χ4n) is 4.42. The van der Waals surface area contributed by atoms with Crippen molar-refractivity contribution < 1.29 is 23.5 Å². The first-order chi connectivity index (χ1) is 18.6. The zero-order chi connectivity index (χ0) is 31.4. The van der Waals surface area contributed by atoms with Crippen LogP contribution in [0.15, 0.2) is 36.4 Å². The number of rotatable bonds is 2. The van der Waals surface area contributed by atoms with Crippen molar-refractivity contribution in [1.82, 2.24) is 10.2 Å². The molecular weight excluding hydrogens is 519 g/mol. The van der Waals surface area contributed by atoms with Gasteiger partial charge in [-0.05, 0) is 84.4 Å². The molecule has 1 N–H and O–H groups in total. The number of halogens is 1. The van der Waals surface area contributed by atoms with Gasteiger partial charge in [0.2, 0.25) is 0 Å². The van der Waals surface area contributed by atoms with Gasteiger partial charge in [0.1, 0.15) is 24.6 Å². The molecule has 2 aromatic rings. The average molecular weight is 571 g/mol. The number of carbonyl (C=O) groups excluding carboxylic acids is 2. The van der Waals surface area contributed by atoms with Crippen molar-refractivity contribution in [2.75, 3.05) is 19.8 Å². The Morgan fingerprint density at radius 2 is 1.44 bits per heavy atom. The Bertz CT molecular complexity index is 1200. The van der Waals surface area contributed by atoms with Crippen LogP contribution in [0.4, 0.5) is 9.18 Å². The molecular formula is C34H51FN2O4. The molecule has 0 atom stereocenters. The van der Waals surface area contributed by atoms with Crippen LogP contribution >= 0.6 is 0 Å². The minimum Gasteiger partial charge on any atom is -0.486 e. The summed E-state index contributed by atoms with van der Waals surface area (Å²) in [6.45, 7) is 26.4. The summed E-state index contributed by atoms with van der Waals surface area (Å²) in [4.78, 5) is 24.5. The maximum absolute atomic E-state index is 13.0. The highest BCUT2D eigenvalue weighted by Crippen LogP contribution is 2.33. The largest absolute Gasteiger partial charge is 0.486 e. The number of urea groups is 1. The Morgan fingerprint density at radius 1 is 0.854 bits per heavy atom. The van der Waals surface area contributed by atoms with Crippen LogP contribution in [0.5, 0.6) is 11.5 Å². The molecule has 0 bridgehead atoms. The molecule has 0 radical (unpaired) electrons. The number of nitrogens with one attached hydrogen (secondary N) is 1. The third-order valence-corrected chi connectivity index (χ3v) is 6.58. The summed E-state index contributed by atoms with van der Waals surface area (Å²) in [5.74, 6) is 1.41. The van der Waals surface area contributed by atoms with Gasteiger partial charge in [-0.15, -0.1) is 0 Å². The lowest BCUT2D eigenvalue weighted by Crippen LogP contribution is -2.47. The summed E-state index contributed by atoms with van der Waals surface area (Å²) >= 11 is 0. The van der Waals surface area contributed by atoms with Gasteiger partial charge in [0, 0.05) is 6.54 Å². The highest BCUT2D eigenvalue weighted by molar-refractivity contribution is 6.06. The molecule has 2 aliphatic rings. The Morgan fingerprint density at radius 3 is 1.90 bits per heavy atom. The third-order valence-electron chi connectivity index (χ3n) is 6.58. The van der Waals surface area contributed by atoms with E-state index in [4.69, 9.17) is 9.47 Å². The van der Waals surface area contributed by atoms with Crippen LogP contribution < -0.4 is 14.8 Å². The van der Waals surface area contributed by atoms with E-state index in [1.807, 2.05) is 39.8 Å². The molecule has 2 aliphatic heterocycles. The van der Waals surface area contributed by atoms with E-state index in [1.165, 1.54) is 5.56 Å². The molecule has 2 heterocycles. The molecule has 0 aromatic heterocycles. The minimum absolute atomic E-state index is 0.000764. The zero-order valence-electron chi connectivity index (χ0n) is 27.3. The maximum atomic E-state index is 13.0. The van der Waals surface area contributed by atoms with E-state index in [-0.39, 0.29) is 28.6 Å². The highest BCUT2D eigenvalue weighted by atomic mass is 19.1. The first-order valence-electron chi connectivity index (χ1n) is 14.4. The third kappa shape index (κ3) is 10.7. The van der Waals surface area contributed by atoms with Crippen molar-refractivity contribution in [3.05, 3.63) is 58.9 Å². The van der Waals surface area contributed by atoms with Crippen molar-refractivity contribution in [1.29, 1.82) is 0 Å². The number of hydrogen-bond acceptors (Lipinski definition) is 4. The van der Waals surface area contributed by atoms with Gasteiger partial charge in [-0.1, -0.05) is 74.4 Å². The molecule has 228 valence electrons. The van der Waals surface area contributed by atoms with Crippen LogP contribution in [0.3, 0.4) is 0 Å². The van der Waals surface area contributed by atoms with Gasteiger partial charge in [-0.25, -0.2) is 9.18 Å². The van der Waals surface area contributed by atoms with Crippen molar-refractivity contribution in [2.45, 2.75) is 100 Å². The van der Waals surface area contributed by atoms with Crippen LogP contribution in [0, 0.1) is 23.6 Å². The molecule has 7 heteroatoms. The Balaban J connectivity index is 0.000000217. The van der Waals surface area contributed by atoms with Gasteiger partial charge in [0.25, 0.3) is 5.91 Å². The molecule has 0 saturated carbocycles. The number of nitrogens with zero attached hydrogens (tertiary/aromatic N) is 1. The lowest BCUT2D eigenvalue weighted by atomic mass is 9.86. The number of imide groups is 1. The molecule has 0 aliphatic carbocycles. The first kappa shape index (κ1) is 34.1. The second-order valence-corrected chi connectivity index (χ2v) is 14.9. The first-order valence-corrected chi connectivity index (χ1v) is 14.4. The van der Waals surface area contributed by atoms with Gasteiger partial charge in [-0.2, -0.15) is 0 Å². The molecule has 1 saturated heterocycles. The lowest BCUT2D eigenvalue weighted by molar-refractivity contribution is -0.125. The SMILES string of the molecule is CC(C)(C)CN1C(=O)NC(=O)C1(C)C.CC(C)(C)Cc1ccc2c(c1)OCCO2.Cc1cc(F)cc(C(C)(C)C)c1. The summed E-state index contributed by atoms with van der Waals surface area (Å²) in [6.07, 6.45) is 1.06. The topological polar surface area (TPSA) is 67.9 Å². The van der Waals surface area contributed by atoms with E-state index in [0.29, 0.717) is 25.2 Å². The van der Waals surface area contributed by atoms with Gasteiger partial charge in [0.15, 0.2) is 11.5 Å². The van der Waals surface area contributed by atoms with Crippen LogP contribution in [-0.4, -0.2) is 42.1 Å². The summed E-state index contributed by atoms with van der Waals surface area (Å²) in [7, 11) is 0. The van der Waals surface area contributed by atoms with E-state index < -0.39 is 5.54 Å². The van der Waals surface area contributed by atoms with E-state index in [9.17, 15) is 14.0 Å².